The van der Waals surface area contributed by atoms with Gasteiger partial charge in [-0.05, 0) is 41.5 Å². The number of imidazole rings is 1. The summed E-state index contributed by atoms with van der Waals surface area (Å²) in [6, 6.07) is 14.5. The van der Waals surface area contributed by atoms with E-state index in [1.807, 2.05) is 54.2 Å². The summed E-state index contributed by atoms with van der Waals surface area (Å²) in [7, 11) is 3.50. The molecule has 0 spiro atoms. The average molecular weight is 382 g/mol. The fourth-order valence-corrected chi connectivity index (χ4v) is 2.84. The Hall–Kier alpha value is -3.05. The highest BCUT2D eigenvalue weighted by atomic mass is 35.5. The number of carbonyl (C=O) groups excluding carboxylic acids is 1. The van der Waals surface area contributed by atoms with E-state index < -0.39 is 0 Å². The van der Waals surface area contributed by atoms with E-state index in [-0.39, 0.29) is 11.9 Å². The van der Waals surface area contributed by atoms with Crippen LogP contribution in [0.2, 0.25) is 5.02 Å². The number of nitrogens with zero attached hydrogens (tertiary/aromatic N) is 2. The van der Waals surface area contributed by atoms with Gasteiger partial charge in [0.25, 0.3) is 0 Å². The van der Waals surface area contributed by atoms with Crippen LogP contribution in [0, 0.1) is 0 Å². The minimum atomic E-state index is -0.385. The highest BCUT2D eigenvalue weighted by Crippen LogP contribution is 2.22. The number of aromatic nitrogens is 2. The minimum absolute atomic E-state index is 0.222. The second-order valence-electron chi connectivity index (χ2n) is 6.00. The SMILES string of the molecule is COc1cccc(/C=C/C(=O)N[C@H](c2ccc(Cl)cc2)c2nccn2C)c1. The van der Waals surface area contributed by atoms with Gasteiger partial charge in [0.15, 0.2) is 0 Å². The van der Waals surface area contributed by atoms with Crippen molar-refractivity contribution in [1.82, 2.24) is 14.9 Å². The maximum absolute atomic E-state index is 12.5. The lowest BCUT2D eigenvalue weighted by Gasteiger charge is -2.18. The van der Waals surface area contributed by atoms with Gasteiger partial charge >= 0.3 is 0 Å². The number of halogens is 1. The molecule has 0 saturated carbocycles. The molecule has 1 aromatic heterocycles. The van der Waals surface area contributed by atoms with Crippen molar-refractivity contribution in [2.24, 2.45) is 7.05 Å². The number of hydrogen-bond acceptors (Lipinski definition) is 3. The normalized spacial score (nSPS) is 12.1. The number of aryl methyl sites for hydroxylation is 1. The molecule has 2 aromatic carbocycles. The van der Waals surface area contributed by atoms with Crippen LogP contribution in [0.1, 0.15) is 23.0 Å². The predicted molar refractivity (Wildman–Crippen MR) is 107 cm³/mol. The Labute approximate surface area is 163 Å². The predicted octanol–water partition coefficient (Wildman–Crippen LogP) is 4.00. The van der Waals surface area contributed by atoms with Gasteiger partial charge in [0, 0.05) is 30.5 Å². The van der Waals surface area contributed by atoms with Gasteiger partial charge in [-0.3, -0.25) is 4.79 Å². The summed E-state index contributed by atoms with van der Waals surface area (Å²) in [5.41, 5.74) is 1.78. The fraction of sp³-hybridized carbons (Fsp3) is 0.143. The number of hydrogen-bond donors (Lipinski definition) is 1. The van der Waals surface area contributed by atoms with Crippen molar-refractivity contribution in [3.05, 3.63) is 89.0 Å². The summed E-state index contributed by atoms with van der Waals surface area (Å²) in [5.74, 6) is 1.26. The lowest BCUT2D eigenvalue weighted by molar-refractivity contribution is -0.117. The van der Waals surface area contributed by atoms with E-state index in [0.29, 0.717) is 5.02 Å². The van der Waals surface area contributed by atoms with Crippen LogP contribution in [0.3, 0.4) is 0 Å². The summed E-state index contributed by atoms with van der Waals surface area (Å²) in [4.78, 5) is 16.9. The van der Waals surface area contributed by atoms with Crippen molar-refractivity contribution in [2.75, 3.05) is 7.11 Å². The molecule has 6 heteroatoms. The zero-order valence-corrected chi connectivity index (χ0v) is 15.9. The lowest BCUT2D eigenvalue weighted by Crippen LogP contribution is -2.29. The molecule has 0 aliphatic carbocycles. The molecule has 5 nitrogen and oxygen atoms in total. The highest BCUT2D eigenvalue weighted by Gasteiger charge is 2.19. The zero-order chi connectivity index (χ0) is 19.2. The molecule has 0 aliphatic rings. The summed E-state index contributed by atoms with van der Waals surface area (Å²) < 4.78 is 7.08. The molecule has 0 unspecified atom stereocenters. The van der Waals surface area contributed by atoms with Gasteiger partial charge < -0.3 is 14.6 Å². The molecule has 0 radical (unpaired) electrons. The fourth-order valence-electron chi connectivity index (χ4n) is 2.71. The molecular weight excluding hydrogens is 362 g/mol. The van der Waals surface area contributed by atoms with E-state index in [4.69, 9.17) is 16.3 Å². The van der Waals surface area contributed by atoms with Crippen molar-refractivity contribution >= 4 is 23.6 Å². The van der Waals surface area contributed by atoms with Gasteiger partial charge in [0.05, 0.1) is 7.11 Å². The number of benzene rings is 2. The summed E-state index contributed by atoms with van der Waals surface area (Å²) in [6.45, 7) is 0. The van der Waals surface area contributed by atoms with Gasteiger partial charge in [-0.2, -0.15) is 0 Å². The third-order valence-electron chi connectivity index (χ3n) is 4.13. The Bertz CT molecular complexity index is 948. The summed E-state index contributed by atoms with van der Waals surface area (Å²) in [6.07, 6.45) is 6.79. The Morgan fingerprint density at radius 1 is 1.26 bits per heavy atom. The Kier molecular flexibility index (Phi) is 5.94. The van der Waals surface area contributed by atoms with E-state index in [1.54, 1.807) is 31.5 Å². The average Bonchev–Trinajstić information content (AvgIpc) is 3.11. The van der Waals surface area contributed by atoms with Gasteiger partial charge in [-0.1, -0.05) is 35.9 Å². The summed E-state index contributed by atoms with van der Waals surface area (Å²) in [5, 5.41) is 3.65. The first kappa shape index (κ1) is 18.7. The molecule has 1 atom stereocenters. The van der Waals surface area contributed by atoms with Crippen LogP contribution in [0.15, 0.2) is 67.0 Å². The first-order valence-electron chi connectivity index (χ1n) is 8.42. The number of rotatable bonds is 6. The number of amides is 1. The number of nitrogens with one attached hydrogen (secondary N) is 1. The minimum Gasteiger partial charge on any atom is -0.497 e. The summed E-state index contributed by atoms with van der Waals surface area (Å²) >= 11 is 5.99. The molecule has 27 heavy (non-hydrogen) atoms. The highest BCUT2D eigenvalue weighted by molar-refractivity contribution is 6.30. The van der Waals surface area contributed by atoms with E-state index in [9.17, 15) is 4.79 Å². The molecule has 1 heterocycles. The van der Waals surface area contributed by atoms with E-state index >= 15 is 0 Å². The zero-order valence-electron chi connectivity index (χ0n) is 15.1. The third-order valence-corrected chi connectivity index (χ3v) is 4.38. The molecule has 138 valence electrons. The van der Waals surface area contributed by atoms with Crippen molar-refractivity contribution < 1.29 is 9.53 Å². The molecule has 0 bridgehead atoms. The van der Waals surface area contributed by atoms with E-state index in [0.717, 1.165) is 22.7 Å². The standard InChI is InChI=1S/C21H20ClN3O2/c1-25-13-12-23-21(25)20(16-7-9-17(22)10-8-16)24-19(26)11-6-15-4-3-5-18(14-15)27-2/h3-14,20H,1-2H3,(H,24,26)/b11-6+/t20-/m1/s1. The van der Waals surface area contributed by atoms with Gasteiger partial charge in [0.1, 0.15) is 17.6 Å². The molecule has 3 aromatic rings. The van der Waals surface area contributed by atoms with E-state index in [2.05, 4.69) is 10.3 Å². The van der Waals surface area contributed by atoms with Crippen LogP contribution in [0.5, 0.6) is 5.75 Å². The Morgan fingerprint density at radius 2 is 2.04 bits per heavy atom. The second kappa shape index (κ2) is 8.56. The first-order chi connectivity index (χ1) is 13.1. The van der Waals surface area contributed by atoms with Crippen LogP contribution in [0.4, 0.5) is 0 Å². The topological polar surface area (TPSA) is 56.1 Å². The smallest absolute Gasteiger partial charge is 0.244 e. The molecule has 3 rings (SSSR count). The lowest BCUT2D eigenvalue weighted by atomic mass is 10.1. The number of ether oxygens (including phenoxy) is 1. The van der Waals surface area contributed by atoms with Crippen LogP contribution < -0.4 is 10.1 Å². The van der Waals surface area contributed by atoms with Gasteiger partial charge in [0.2, 0.25) is 5.91 Å². The van der Waals surface area contributed by atoms with Gasteiger partial charge in [-0.25, -0.2) is 4.98 Å². The second-order valence-corrected chi connectivity index (χ2v) is 6.44. The van der Waals surface area contributed by atoms with Crippen LogP contribution in [0.25, 0.3) is 6.08 Å². The monoisotopic (exact) mass is 381 g/mol. The molecule has 1 amide bonds. The van der Waals surface area contributed by atoms with Crippen molar-refractivity contribution in [3.8, 4) is 5.75 Å². The first-order valence-corrected chi connectivity index (χ1v) is 8.80. The number of carbonyl (C=O) groups is 1. The van der Waals surface area contributed by atoms with Gasteiger partial charge in [-0.15, -0.1) is 0 Å². The molecule has 0 saturated heterocycles. The molecular formula is C21H20ClN3O2. The van der Waals surface area contributed by atoms with Crippen molar-refractivity contribution in [1.29, 1.82) is 0 Å². The quantitative estimate of drug-likeness (QED) is 0.656. The van der Waals surface area contributed by atoms with Crippen LogP contribution in [-0.2, 0) is 11.8 Å². The Balaban J connectivity index is 1.81. The van der Waals surface area contributed by atoms with Crippen molar-refractivity contribution in [2.45, 2.75) is 6.04 Å². The van der Waals surface area contributed by atoms with Crippen LogP contribution in [-0.4, -0.2) is 22.6 Å². The third kappa shape index (κ3) is 4.77. The maximum Gasteiger partial charge on any atom is 0.244 e. The Morgan fingerprint density at radius 3 is 2.70 bits per heavy atom. The van der Waals surface area contributed by atoms with Crippen LogP contribution >= 0.6 is 11.6 Å². The molecule has 0 aliphatic heterocycles. The number of methoxy groups -OCH3 is 1. The molecule has 1 N–H and O–H groups in total. The van der Waals surface area contributed by atoms with E-state index in [1.165, 1.54) is 6.08 Å². The molecule has 0 fully saturated rings. The largest absolute Gasteiger partial charge is 0.497 e. The maximum atomic E-state index is 12.5. The van der Waals surface area contributed by atoms with Crippen molar-refractivity contribution in [3.63, 3.8) is 0 Å².